The molecule has 3 aromatic rings. The maximum atomic E-state index is 13.8. The summed E-state index contributed by atoms with van der Waals surface area (Å²) in [4.78, 5) is 29.0. The first-order chi connectivity index (χ1) is 18.2. The van der Waals surface area contributed by atoms with E-state index in [1.807, 2.05) is 44.2 Å². The molecular weight excluding hydrogens is 582 g/mol. The van der Waals surface area contributed by atoms with Crippen LogP contribution >= 0.6 is 58.2 Å². The number of hydrogen-bond acceptors (Lipinski definition) is 3. The molecule has 0 bridgehead atoms. The molecule has 202 valence electrons. The van der Waals surface area contributed by atoms with Crippen molar-refractivity contribution in [2.75, 3.05) is 5.75 Å². The number of halogens is 4. The highest BCUT2D eigenvalue weighted by Gasteiger charge is 2.31. The smallest absolute Gasteiger partial charge is 0.243 e. The van der Waals surface area contributed by atoms with Crippen LogP contribution < -0.4 is 5.32 Å². The zero-order chi connectivity index (χ0) is 27.7. The summed E-state index contributed by atoms with van der Waals surface area (Å²) >= 11 is 26.6. The van der Waals surface area contributed by atoms with E-state index in [2.05, 4.69) is 5.32 Å². The first kappa shape index (κ1) is 30.6. The molecule has 38 heavy (non-hydrogen) atoms. The number of nitrogens with one attached hydrogen (secondary N) is 1. The molecule has 0 spiro atoms. The van der Waals surface area contributed by atoms with Crippen LogP contribution in [0.1, 0.15) is 37.0 Å². The summed E-state index contributed by atoms with van der Waals surface area (Å²) in [7, 11) is 0. The fourth-order valence-corrected chi connectivity index (χ4v) is 5.94. The van der Waals surface area contributed by atoms with Crippen LogP contribution in [0, 0.1) is 0 Å². The quantitative estimate of drug-likeness (QED) is 0.225. The molecular formula is C29H30Cl4N2O2S. The van der Waals surface area contributed by atoms with E-state index in [4.69, 9.17) is 46.4 Å². The first-order valence-corrected chi connectivity index (χ1v) is 14.9. The van der Waals surface area contributed by atoms with Crippen LogP contribution in [0.25, 0.3) is 0 Å². The highest BCUT2D eigenvalue weighted by molar-refractivity contribution is 7.99. The van der Waals surface area contributed by atoms with Gasteiger partial charge in [0.15, 0.2) is 0 Å². The number of carbonyl (C=O) groups excluding carboxylic acids is 2. The van der Waals surface area contributed by atoms with Crippen molar-refractivity contribution in [1.82, 2.24) is 10.2 Å². The van der Waals surface area contributed by atoms with Gasteiger partial charge in [-0.1, -0.05) is 95.8 Å². The highest BCUT2D eigenvalue weighted by Crippen LogP contribution is 2.29. The molecule has 1 N–H and O–H groups in total. The topological polar surface area (TPSA) is 49.4 Å². The van der Waals surface area contributed by atoms with E-state index in [0.717, 1.165) is 17.5 Å². The van der Waals surface area contributed by atoms with Crippen molar-refractivity contribution in [3.63, 3.8) is 0 Å². The number of benzene rings is 3. The van der Waals surface area contributed by atoms with Crippen LogP contribution in [-0.2, 0) is 28.3 Å². The van der Waals surface area contributed by atoms with Gasteiger partial charge in [-0.05, 0) is 54.3 Å². The Morgan fingerprint density at radius 1 is 0.921 bits per heavy atom. The Morgan fingerprint density at radius 3 is 2.24 bits per heavy atom. The van der Waals surface area contributed by atoms with Crippen molar-refractivity contribution in [3.05, 3.63) is 104 Å². The molecule has 0 aliphatic heterocycles. The lowest BCUT2D eigenvalue weighted by Crippen LogP contribution is -2.52. The van der Waals surface area contributed by atoms with Crippen LogP contribution in [0.4, 0.5) is 0 Å². The van der Waals surface area contributed by atoms with Gasteiger partial charge in [0.2, 0.25) is 11.8 Å². The molecule has 2 atom stereocenters. The average molecular weight is 612 g/mol. The van der Waals surface area contributed by atoms with Crippen LogP contribution in [-0.4, -0.2) is 34.6 Å². The summed E-state index contributed by atoms with van der Waals surface area (Å²) in [6.45, 7) is 4.11. The van der Waals surface area contributed by atoms with Gasteiger partial charge >= 0.3 is 0 Å². The van der Waals surface area contributed by atoms with E-state index in [9.17, 15) is 9.59 Å². The molecule has 0 saturated carbocycles. The minimum atomic E-state index is -0.741. The SMILES string of the molecule is CCC(C)NC(=O)C(Cc1ccccc1)N(Cc1ccc(Cl)cc1Cl)C(=O)CSCc1c(Cl)cccc1Cl. The lowest BCUT2D eigenvalue weighted by molar-refractivity contribution is -0.139. The van der Waals surface area contributed by atoms with Crippen LogP contribution in [0.2, 0.25) is 20.1 Å². The largest absolute Gasteiger partial charge is 0.352 e. The van der Waals surface area contributed by atoms with Crippen LogP contribution in [0.5, 0.6) is 0 Å². The van der Waals surface area contributed by atoms with Gasteiger partial charge in [-0.3, -0.25) is 9.59 Å². The number of carbonyl (C=O) groups is 2. The maximum Gasteiger partial charge on any atom is 0.243 e. The van der Waals surface area contributed by atoms with Crippen LogP contribution in [0.15, 0.2) is 66.7 Å². The van der Waals surface area contributed by atoms with E-state index in [1.165, 1.54) is 11.8 Å². The molecule has 2 unspecified atom stereocenters. The third kappa shape index (κ3) is 8.82. The fourth-order valence-electron chi connectivity index (χ4n) is 3.82. The Kier molecular flexibility index (Phi) is 12.1. The molecule has 0 saturated heterocycles. The molecule has 2 amide bonds. The highest BCUT2D eigenvalue weighted by atomic mass is 35.5. The second-order valence-electron chi connectivity index (χ2n) is 8.97. The number of nitrogens with zero attached hydrogens (tertiary/aromatic N) is 1. The predicted molar refractivity (Wildman–Crippen MR) is 161 cm³/mol. The summed E-state index contributed by atoms with van der Waals surface area (Å²) < 4.78 is 0. The third-order valence-electron chi connectivity index (χ3n) is 6.16. The van der Waals surface area contributed by atoms with Crippen molar-refractivity contribution in [1.29, 1.82) is 0 Å². The summed E-state index contributed by atoms with van der Waals surface area (Å²) in [5.74, 6) is 0.196. The minimum absolute atomic E-state index is 0.0337. The minimum Gasteiger partial charge on any atom is -0.352 e. The Morgan fingerprint density at radius 2 is 1.61 bits per heavy atom. The average Bonchev–Trinajstić information content (AvgIpc) is 2.89. The Balaban J connectivity index is 1.91. The molecule has 9 heteroatoms. The Labute approximate surface area is 249 Å². The first-order valence-electron chi connectivity index (χ1n) is 12.3. The maximum absolute atomic E-state index is 13.8. The predicted octanol–water partition coefficient (Wildman–Crippen LogP) is 8.09. The third-order valence-corrected chi connectivity index (χ3v) is 8.40. The van der Waals surface area contributed by atoms with E-state index in [0.29, 0.717) is 37.8 Å². The number of rotatable bonds is 12. The Hall–Kier alpha value is -1.89. The molecule has 0 aromatic heterocycles. The molecule has 0 fully saturated rings. The summed E-state index contributed by atoms with van der Waals surface area (Å²) in [5.41, 5.74) is 2.43. The second kappa shape index (κ2) is 15.0. The van der Waals surface area contributed by atoms with Crippen LogP contribution in [0.3, 0.4) is 0 Å². The summed E-state index contributed by atoms with van der Waals surface area (Å²) in [5, 5.41) is 5.10. The van der Waals surface area contributed by atoms with Gasteiger partial charge in [-0.15, -0.1) is 11.8 Å². The molecule has 0 aliphatic carbocycles. The van der Waals surface area contributed by atoms with Gasteiger partial charge in [0.05, 0.1) is 5.75 Å². The standard InChI is InChI=1S/C29H30Cl4N2O2S/c1-3-19(2)34-29(37)27(14-20-8-5-4-6-9-20)35(16-21-12-13-22(30)15-26(21)33)28(36)18-38-17-23-24(31)10-7-11-25(23)32/h4-13,15,19,27H,3,14,16-18H2,1-2H3,(H,34,37). The molecule has 0 radical (unpaired) electrons. The number of amides is 2. The molecule has 0 aliphatic rings. The number of hydrogen-bond donors (Lipinski definition) is 1. The molecule has 3 rings (SSSR count). The molecule has 3 aromatic carbocycles. The fraction of sp³-hybridized carbons (Fsp3) is 0.310. The van der Waals surface area contributed by atoms with Gasteiger partial charge in [0, 0.05) is 44.9 Å². The van der Waals surface area contributed by atoms with Gasteiger partial charge in [0.1, 0.15) is 6.04 Å². The normalized spacial score (nSPS) is 12.6. The van der Waals surface area contributed by atoms with E-state index in [1.54, 1.807) is 41.3 Å². The molecule has 0 heterocycles. The van der Waals surface area contributed by atoms with Gasteiger partial charge in [0.25, 0.3) is 0 Å². The number of thioether (sulfide) groups is 1. The second-order valence-corrected chi connectivity index (χ2v) is 11.6. The van der Waals surface area contributed by atoms with Crippen molar-refractivity contribution < 1.29 is 9.59 Å². The summed E-state index contributed by atoms with van der Waals surface area (Å²) in [6.07, 6.45) is 1.14. The lowest BCUT2D eigenvalue weighted by atomic mass is 10.0. The zero-order valence-corrected chi connectivity index (χ0v) is 25.1. The molecule has 4 nitrogen and oxygen atoms in total. The van der Waals surface area contributed by atoms with E-state index < -0.39 is 6.04 Å². The summed E-state index contributed by atoms with van der Waals surface area (Å²) in [6, 6.07) is 19.4. The van der Waals surface area contributed by atoms with Gasteiger partial charge in [-0.2, -0.15) is 0 Å². The van der Waals surface area contributed by atoms with Gasteiger partial charge in [-0.25, -0.2) is 0 Å². The monoisotopic (exact) mass is 610 g/mol. The van der Waals surface area contributed by atoms with Crippen molar-refractivity contribution >= 4 is 70.0 Å². The van der Waals surface area contributed by atoms with E-state index in [-0.39, 0.29) is 30.2 Å². The Bertz CT molecular complexity index is 1220. The lowest BCUT2D eigenvalue weighted by Gasteiger charge is -2.32. The van der Waals surface area contributed by atoms with E-state index >= 15 is 0 Å². The van der Waals surface area contributed by atoms with Crippen molar-refractivity contribution in [3.8, 4) is 0 Å². The van der Waals surface area contributed by atoms with Gasteiger partial charge < -0.3 is 10.2 Å². The van der Waals surface area contributed by atoms with Crippen molar-refractivity contribution in [2.45, 2.75) is 51.1 Å². The zero-order valence-electron chi connectivity index (χ0n) is 21.2. The van der Waals surface area contributed by atoms with Crippen molar-refractivity contribution in [2.24, 2.45) is 0 Å².